The lowest BCUT2D eigenvalue weighted by atomic mass is 9.96. The van der Waals surface area contributed by atoms with E-state index in [-0.39, 0.29) is 22.3 Å². The maximum atomic E-state index is 15.2. The summed E-state index contributed by atoms with van der Waals surface area (Å²) in [7, 11) is -3.61. The first-order chi connectivity index (χ1) is 16.4. The number of piperidine rings is 1. The van der Waals surface area contributed by atoms with Gasteiger partial charge in [-0.25, -0.2) is 12.8 Å². The number of nitrogens with zero attached hydrogens (tertiary/aromatic N) is 4. The minimum atomic E-state index is -3.61. The normalized spacial score (nSPS) is 23.8. The van der Waals surface area contributed by atoms with Crippen LogP contribution in [0.5, 0.6) is 0 Å². The van der Waals surface area contributed by atoms with Crippen LogP contribution in [0.2, 0.25) is 0 Å². The lowest BCUT2D eigenvalue weighted by Crippen LogP contribution is -2.43. The monoisotopic (exact) mass is 596 g/mol. The van der Waals surface area contributed by atoms with Crippen LogP contribution in [0.15, 0.2) is 59.4 Å². The van der Waals surface area contributed by atoms with Crippen molar-refractivity contribution in [2.45, 2.75) is 47.4 Å². The van der Waals surface area contributed by atoms with Crippen molar-refractivity contribution >= 4 is 38.3 Å². The molecule has 10 heteroatoms. The van der Waals surface area contributed by atoms with Crippen molar-refractivity contribution in [3.63, 3.8) is 0 Å². The largest absolute Gasteiger partial charge is 0.371 e. The first kappa shape index (κ1) is 23.7. The van der Waals surface area contributed by atoms with E-state index >= 15 is 4.39 Å². The molecule has 2 fully saturated rings. The van der Waals surface area contributed by atoms with E-state index in [2.05, 4.69) is 37.6 Å². The van der Waals surface area contributed by atoms with E-state index in [1.54, 1.807) is 6.07 Å². The van der Waals surface area contributed by atoms with Gasteiger partial charge in [0, 0.05) is 36.8 Å². The van der Waals surface area contributed by atoms with Crippen LogP contribution >= 0.6 is 22.6 Å². The van der Waals surface area contributed by atoms with E-state index < -0.39 is 15.3 Å². The topological polar surface area (TPSA) is 79.5 Å². The molecule has 3 aromatic rings. The zero-order valence-corrected chi connectivity index (χ0v) is 21.5. The molecule has 5 rings (SSSR count). The molecule has 2 saturated heterocycles. The van der Waals surface area contributed by atoms with Gasteiger partial charge in [0.1, 0.15) is 11.1 Å². The zero-order chi connectivity index (χ0) is 23.7. The summed E-state index contributed by atoms with van der Waals surface area (Å²) in [6.45, 7) is 1.56. The van der Waals surface area contributed by atoms with E-state index in [0.29, 0.717) is 17.9 Å². The van der Waals surface area contributed by atoms with Crippen LogP contribution in [0.4, 0.5) is 10.1 Å². The predicted octanol–water partition coefficient (Wildman–Crippen LogP) is 5.02. The summed E-state index contributed by atoms with van der Waals surface area (Å²) in [6.07, 6.45) is 4.43. The molecule has 34 heavy (non-hydrogen) atoms. The van der Waals surface area contributed by atoms with Gasteiger partial charge < -0.3 is 9.42 Å². The molecule has 2 aliphatic rings. The second-order valence-corrected chi connectivity index (χ2v) is 12.3. The molecular formula is C24H26FIN4O3S. The first-order valence-electron chi connectivity index (χ1n) is 11.4. The Morgan fingerprint density at radius 3 is 2.50 bits per heavy atom. The van der Waals surface area contributed by atoms with Crippen LogP contribution in [0.3, 0.4) is 0 Å². The van der Waals surface area contributed by atoms with Crippen LogP contribution in [-0.2, 0) is 16.6 Å². The summed E-state index contributed by atoms with van der Waals surface area (Å²) in [5, 5.41) is 3.09. The van der Waals surface area contributed by atoms with Crippen molar-refractivity contribution in [1.82, 2.24) is 14.4 Å². The molecule has 1 unspecified atom stereocenters. The molecule has 0 aliphatic carbocycles. The minimum Gasteiger partial charge on any atom is -0.371 e. The van der Waals surface area contributed by atoms with Crippen LogP contribution in [-0.4, -0.2) is 40.0 Å². The van der Waals surface area contributed by atoms with Gasteiger partial charge in [-0.05, 0) is 43.4 Å². The Balaban J connectivity index is 1.30. The number of benzene rings is 2. The van der Waals surface area contributed by atoms with Gasteiger partial charge in [-0.15, -0.1) is 0 Å². The summed E-state index contributed by atoms with van der Waals surface area (Å²) in [4.78, 5) is 6.29. The lowest BCUT2D eigenvalue weighted by Gasteiger charge is -2.36. The maximum absolute atomic E-state index is 15.2. The number of rotatable bonds is 5. The molecule has 0 amide bonds. The Bertz CT molecular complexity index is 1220. The van der Waals surface area contributed by atoms with Gasteiger partial charge in [-0.3, -0.25) is 0 Å². The minimum absolute atomic E-state index is 0.0324. The highest BCUT2D eigenvalue weighted by Crippen LogP contribution is 2.40. The first-order valence-corrected chi connectivity index (χ1v) is 14.2. The van der Waals surface area contributed by atoms with Crippen LogP contribution in [0.25, 0.3) is 0 Å². The molecule has 2 atom stereocenters. The Morgan fingerprint density at radius 1 is 1.06 bits per heavy atom. The Kier molecular flexibility index (Phi) is 6.90. The Labute approximate surface area is 212 Å². The molecule has 1 aromatic heterocycles. The molecule has 7 nitrogen and oxygen atoms in total. The van der Waals surface area contributed by atoms with Crippen molar-refractivity contribution < 1.29 is 17.3 Å². The second kappa shape index (κ2) is 9.90. The van der Waals surface area contributed by atoms with E-state index in [1.165, 1.54) is 16.7 Å². The third-order valence-electron chi connectivity index (χ3n) is 6.79. The van der Waals surface area contributed by atoms with Gasteiger partial charge in [-0.1, -0.05) is 64.1 Å². The third kappa shape index (κ3) is 4.72. The molecule has 2 aliphatic heterocycles. The molecule has 0 bridgehead atoms. The van der Waals surface area contributed by atoms with Crippen LogP contribution in [0.1, 0.15) is 53.9 Å². The van der Waals surface area contributed by atoms with Crippen molar-refractivity contribution in [3.05, 3.63) is 77.7 Å². The molecule has 3 heterocycles. The number of alkyl halides is 1. The predicted molar refractivity (Wildman–Crippen MR) is 136 cm³/mol. The van der Waals surface area contributed by atoms with Gasteiger partial charge >= 0.3 is 0 Å². The smallest absolute Gasteiger partial charge is 0.229 e. The summed E-state index contributed by atoms with van der Waals surface area (Å²) < 4.78 is 48.5. The fraction of sp³-hybridized carbons (Fsp3) is 0.417. The number of hydrogen-bond donors (Lipinski definition) is 0. The Hall–Kier alpha value is -2.05. The zero-order valence-electron chi connectivity index (χ0n) is 18.6. The average Bonchev–Trinajstić information content (AvgIpc) is 3.38. The SMILES string of the molecule is O=S1(=O)C(c2ccccc2)CC[C@H](I)N1Cc1ccc(N2CCC(c3ncno3)CC2)cc1F. The lowest BCUT2D eigenvalue weighted by molar-refractivity contribution is 0.328. The van der Waals surface area contributed by atoms with Gasteiger partial charge in [0.2, 0.25) is 15.9 Å². The van der Waals surface area contributed by atoms with Crippen molar-refractivity contribution in [1.29, 1.82) is 0 Å². The molecule has 0 spiro atoms. The van der Waals surface area contributed by atoms with Crippen molar-refractivity contribution in [2.24, 2.45) is 0 Å². The quantitative estimate of drug-likeness (QED) is 0.234. The highest BCUT2D eigenvalue weighted by atomic mass is 127. The van der Waals surface area contributed by atoms with E-state index in [0.717, 1.165) is 43.6 Å². The summed E-state index contributed by atoms with van der Waals surface area (Å²) in [5.74, 6) is 0.508. The molecule has 0 saturated carbocycles. The van der Waals surface area contributed by atoms with E-state index in [1.807, 2.05) is 36.4 Å². The van der Waals surface area contributed by atoms with Crippen molar-refractivity contribution in [2.75, 3.05) is 18.0 Å². The highest BCUT2D eigenvalue weighted by Gasteiger charge is 2.41. The fourth-order valence-corrected chi connectivity index (χ4v) is 8.39. The van der Waals surface area contributed by atoms with Gasteiger partial charge in [0.25, 0.3) is 0 Å². The molecule has 0 radical (unpaired) electrons. The third-order valence-corrected chi connectivity index (χ3v) is 10.7. The van der Waals surface area contributed by atoms with Crippen LogP contribution in [0, 0.1) is 5.82 Å². The molecule has 0 N–H and O–H groups in total. The van der Waals surface area contributed by atoms with Gasteiger partial charge in [0.05, 0.1) is 4.05 Å². The summed E-state index contributed by atoms with van der Waals surface area (Å²) >= 11 is 2.16. The molecule has 180 valence electrons. The second-order valence-electron chi connectivity index (χ2n) is 8.82. The van der Waals surface area contributed by atoms with Gasteiger partial charge in [-0.2, -0.15) is 9.29 Å². The number of halogens is 2. The summed E-state index contributed by atoms with van der Waals surface area (Å²) in [5.41, 5.74) is 1.99. The van der Waals surface area contributed by atoms with E-state index in [9.17, 15) is 8.42 Å². The maximum Gasteiger partial charge on any atom is 0.229 e. The average molecular weight is 596 g/mol. The fourth-order valence-electron chi connectivity index (χ4n) is 4.88. The van der Waals surface area contributed by atoms with Crippen molar-refractivity contribution in [3.8, 4) is 0 Å². The summed E-state index contributed by atoms with van der Waals surface area (Å²) in [6, 6.07) is 14.4. The molecular weight excluding hydrogens is 570 g/mol. The number of anilines is 1. The Morgan fingerprint density at radius 2 is 1.82 bits per heavy atom. The van der Waals surface area contributed by atoms with E-state index in [4.69, 9.17) is 4.52 Å². The van der Waals surface area contributed by atoms with Crippen LogP contribution < -0.4 is 4.90 Å². The highest BCUT2D eigenvalue weighted by molar-refractivity contribution is 14.1. The standard InChI is InChI=1S/C24H26FIN4O3S/c25-21-14-20(29-12-10-18(11-13-29)24-27-16-28-33-24)7-6-19(21)15-30-23(26)9-8-22(34(30,31)32)17-4-2-1-3-5-17/h1-7,14,16,18,22-23H,8-13,15H2/t22?,23-/m1/s1. The number of sulfonamides is 1. The van der Waals surface area contributed by atoms with Gasteiger partial charge in [0.15, 0.2) is 6.33 Å². The number of aromatic nitrogens is 2. The number of hydrogen-bond acceptors (Lipinski definition) is 6. The molecule has 2 aromatic carbocycles.